The second kappa shape index (κ2) is 5.19. The van der Waals surface area contributed by atoms with Crippen molar-refractivity contribution in [2.24, 2.45) is 17.8 Å². The fourth-order valence-corrected chi connectivity index (χ4v) is 2.31. The molecule has 0 aromatic rings. The molecular formula is C12H19F3O. The van der Waals surface area contributed by atoms with Crippen molar-refractivity contribution in [3.63, 3.8) is 0 Å². The summed E-state index contributed by atoms with van der Waals surface area (Å²) in [6, 6.07) is 0. The van der Waals surface area contributed by atoms with Gasteiger partial charge in [0.1, 0.15) is 5.78 Å². The molecule has 0 N–H and O–H groups in total. The average Bonchev–Trinajstić information content (AvgIpc) is 2.26. The van der Waals surface area contributed by atoms with Gasteiger partial charge < -0.3 is 0 Å². The molecule has 1 rings (SSSR count). The van der Waals surface area contributed by atoms with Crippen LogP contribution in [0.3, 0.4) is 0 Å². The third-order valence-electron chi connectivity index (χ3n) is 3.69. The fraction of sp³-hybridized carbons (Fsp3) is 0.917. The summed E-state index contributed by atoms with van der Waals surface area (Å²) < 4.78 is 37.2. The number of ketones is 1. The summed E-state index contributed by atoms with van der Waals surface area (Å²) in [5.74, 6) is -1.17. The van der Waals surface area contributed by atoms with Crippen molar-refractivity contribution in [1.29, 1.82) is 0 Å². The van der Waals surface area contributed by atoms with Gasteiger partial charge in [-0.2, -0.15) is 13.2 Å². The first-order valence-electron chi connectivity index (χ1n) is 5.96. The molecule has 16 heavy (non-hydrogen) atoms. The zero-order chi connectivity index (χ0) is 12.3. The lowest BCUT2D eigenvalue weighted by Gasteiger charge is -2.30. The van der Waals surface area contributed by atoms with Crippen molar-refractivity contribution in [3.05, 3.63) is 0 Å². The van der Waals surface area contributed by atoms with E-state index in [1.54, 1.807) is 0 Å². The zero-order valence-corrected chi connectivity index (χ0v) is 9.81. The smallest absolute Gasteiger partial charge is 0.299 e. The summed E-state index contributed by atoms with van der Waals surface area (Å²) >= 11 is 0. The first-order valence-corrected chi connectivity index (χ1v) is 5.96. The summed E-state index contributed by atoms with van der Waals surface area (Å²) in [4.78, 5) is 11.8. The van der Waals surface area contributed by atoms with Gasteiger partial charge in [0.2, 0.25) is 0 Å². The van der Waals surface area contributed by atoms with Crippen LogP contribution in [-0.4, -0.2) is 12.0 Å². The molecule has 0 amide bonds. The summed E-state index contributed by atoms with van der Waals surface area (Å²) in [6.45, 7) is 3.79. The lowest BCUT2D eigenvalue weighted by molar-refractivity contribution is -0.184. The number of alkyl halides is 3. The Hall–Kier alpha value is -0.540. The highest BCUT2D eigenvalue weighted by Crippen LogP contribution is 2.40. The van der Waals surface area contributed by atoms with Crippen molar-refractivity contribution in [2.45, 2.75) is 52.1 Å². The normalized spacial score (nSPS) is 28.8. The zero-order valence-electron chi connectivity index (χ0n) is 9.81. The second-order valence-corrected chi connectivity index (χ2v) is 4.80. The van der Waals surface area contributed by atoms with Gasteiger partial charge in [0.15, 0.2) is 0 Å². The largest absolute Gasteiger partial charge is 0.391 e. The van der Waals surface area contributed by atoms with Gasteiger partial charge in [0.05, 0.1) is 5.92 Å². The molecule has 0 saturated heterocycles. The van der Waals surface area contributed by atoms with Gasteiger partial charge in [-0.1, -0.05) is 13.8 Å². The Morgan fingerprint density at radius 3 is 2.12 bits per heavy atom. The van der Waals surface area contributed by atoms with E-state index in [0.717, 1.165) is 6.42 Å². The minimum Gasteiger partial charge on any atom is -0.299 e. The second-order valence-electron chi connectivity index (χ2n) is 4.80. The average molecular weight is 236 g/mol. The number of halogens is 3. The van der Waals surface area contributed by atoms with E-state index in [1.165, 1.54) is 0 Å². The maximum absolute atomic E-state index is 12.4. The lowest BCUT2D eigenvalue weighted by Crippen LogP contribution is -2.32. The highest BCUT2D eigenvalue weighted by molar-refractivity contribution is 5.83. The van der Waals surface area contributed by atoms with E-state index in [1.807, 2.05) is 13.8 Å². The first kappa shape index (κ1) is 13.5. The van der Waals surface area contributed by atoms with Gasteiger partial charge in [-0.25, -0.2) is 0 Å². The molecule has 1 saturated carbocycles. The predicted octanol–water partition coefficient (Wildman–Crippen LogP) is 3.97. The van der Waals surface area contributed by atoms with Gasteiger partial charge in [-0.15, -0.1) is 0 Å². The van der Waals surface area contributed by atoms with Crippen LogP contribution in [0.2, 0.25) is 0 Å². The van der Waals surface area contributed by atoms with Crippen LogP contribution < -0.4 is 0 Å². The van der Waals surface area contributed by atoms with Crippen LogP contribution in [0.25, 0.3) is 0 Å². The molecule has 1 unspecified atom stereocenters. The Balaban J connectivity index is 2.46. The minimum atomic E-state index is -4.08. The molecule has 0 aromatic heterocycles. The highest BCUT2D eigenvalue weighted by Gasteiger charge is 2.42. The van der Waals surface area contributed by atoms with E-state index in [0.29, 0.717) is 12.8 Å². The van der Waals surface area contributed by atoms with Gasteiger partial charge in [-0.05, 0) is 32.1 Å². The van der Waals surface area contributed by atoms with Crippen LogP contribution in [-0.2, 0) is 4.79 Å². The monoisotopic (exact) mass is 236 g/mol. The highest BCUT2D eigenvalue weighted by atomic mass is 19.4. The van der Waals surface area contributed by atoms with E-state index >= 15 is 0 Å². The fourth-order valence-electron chi connectivity index (χ4n) is 2.31. The van der Waals surface area contributed by atoms with E-state index in [9.17, 15) is 18.0 Å². The van der Waals surface area contributed by atoms with Crippen LogP contribution in [0.4, 0.5) is 13.2 Å². The molecule has 1 aliphatic carbocycles. The third kappa shape index (κ3) is 3.22. The Kier molecular flexibility index (Phi) is 4.39. The van der Waals surface area contributed by atoms with Gasteiger partial charge in [0.25, 0.3) is 0 Å². The summed E-state index contributed by atoms with van der Waals surface area (Å²) in [5, 5.41) is 0. The van der Waals surface area contributed by atoms with Gasteiger partial charge >= 0.3 is 6.18 Å². The number of carbonyl (C=O) groups is 1. The topological polar surface area (TPSA) is 17.1 Å². The molecular weight excluding hydrogens is 217 g/mol. The molecule has 1 atom stereocenters. The maximum Gasteiger partial charge on any atom is 0.391 e. The quantitative estimate of drug-likeness (QED) is 0.724. The SMILES string of the molecule is CCC(C)C(=O)C1CCC(C(F)(F)F)CC1. The Labute approximate surface area is 94.4 Å². The van der Waals surface area contributed by atoms with E-state index < -0.39 is 12.1 Å². The molecule has 0 bridgehead atoms. The number of Topliss-reactive ketones (excluding diaryl/α,β-unsaturated/α-hetero) is 1. The molecule has 1 nitrogen and oxygen atoms in total. The number of hydrogen-bond donors (Lipinski definition) is 0. The van der Waals surface area contributed by atoms with E-state index in [4.69, 9.17) is 0 Å². The van der Waals surface area contributed by atoms with Gasteiger partial charge in [-0.3, -0.25) is 4.79 Å². The molecule has 0 spiro atoms. The van der Waals surface area contributed by atoms with Crippen LogP contribution >= 0.6 is 0 Å². The first-order chi connectivity index (χ1) is 7.36. The molecule has 4 heteroatoms. The Bertz CT molecular complexity index is 239. The maximum atomic E-state index is 12.4. The lowest BCUT2D eigenvalue weighted by atomic mass is 9.77. The van der Waals surface area contributed by atoms with Crippen molar-refractivity contribution in [2.75, 3.05) is 0 Å². The molecule has 94 valence electrons. The van der Waals surface area contributed by atoms with E-state index in [-0.39, 0.29) is 30.5 Å². The van der Waals surface area contributed by atoms with Crippen molar-refractivity contribution in [1.82, 2.24) is 0 Å². The summed E-state index contributed by atoms with van der Waals surface area (Å²) in [7, 11) is 0. The van der Waals surface area contributed by atoms with Crippen molar-refractivity contribution < 1.29 is 18.0 Å². The van der Waals surface area contributed by atoms with Crippen LogP contribution in [0.15, 0.2) is 0 Å². The molecule has 0 aliphatic heterocycles. The molecule has 0 aromatic carbocycles. The number of carbonyl (C=O) groups excluding carboxylic acids is 1. The minimum absolute atomic E-state index is 0.00700. The predicted molar refractivity (Wildman–Crippen MR) is 56.0 cm³/mol. The van der Waals surface area contributed by atoms with Crippen LogP contribution in [0.1, 0.15) is 46.0 Å². The van der Waals surface area contributed by atoms with Crippen LogP contribution in [0, 0.1) is 17.8 Å². The summed E-state index contributed by atoms with van der Waals surface area (Å²) in [5.41, 5.74) is 0. The van der Waals surface area contributed by atoms with Crippen LogP contribution in [0.5, 0.6) is 0 Å². The summed E-state index contributed by atoms with van der Waals surface area (Å²) in [6.07, 6.45) is -2.24. The van der Waals surface area contributed by atoms with E-state index in [2.05, 4.69) is 0 Å². The number of hydrogen-bond acceptors (Lipinski definition) is 1. The molecule has 0 radical (unpaired) electrons. The third-order valence-corrected chi connectivity index (χ3v) is 3.69. The Morgan fingerprint density at radius 2 is 1.75 bits per heavy atom. The standard InChI is InChI=1S/C12H19F3O/c1-3-8(2)11(16)9-4-6-10(7-5-9)12(13,14)15/h8-10H,3-7H2,1-2H3. The Morgan fingerprint density at radius 1 is 1.25 bits per heavy atom. The molecule has 0 heterocycles. The van der Waals surface area contributed by atoms with Crippen molar-refractivity contribution in [3.8, 4) is 0 Å². The number of rotatable bonds is 3. The van der Waals surface area contributed by atoms with Crippen molar-refractivity contribution >= 4 is 5.78 Å². The molecule has 1 fully saturated rings. The van der Waals surface area contributed by atoms with Gasteiger partial charge in [0, 0.05) is 11.8 Å². The molecule has 1 aliphatic rings.